The number of hydrogen-bond acceptors (Lipinski definition) is 2. The number of aromatic amines is 2. The summed E-state index contributed by atoms with van der Waals surface area (Å²) in [6, 6.07) is 31.6. The van der Waals surface area contributed by atoms with E-state index in [0.717, 1.165) is 78.6 Å². The number of hydrogen-bond donors (Lipinski definition) is 2. The van der Waals surface area contributed by atoms with Gasteiger partial charge in [0.15, 0.2) is 0 Å². The summed E-state index contributed by atoms with van der Waals surface area (Å²) in [4.78, 5) is 17.8. The topological polar surface area (TPSA) is 57.4 Å². The summed E-state index contributed by atoms with van der Waals surface area (Å²) in [5.74, 6) is 1.10. The Labute approximate surface area is 239 Å². The molecule has 1 saturated carbocycles. The van der Waals surface area contributed by atoms with Crippen LogP contribution >= 0.6 is 0 Å². The lowest BCUT2D eigenvalue weighted by molar-refractivity contribution is 1.17. The fourth-order valence-electron chi connectivity index (χ4n) is 5.79. The van der Waals surface area contributed by atoms with Gasteiger partial charge >= 0.3 is 0 Å². The van der Waals surface area contributed by atoms with Gasteiger partial charge in [0.05, 0.1) is 22.8 Å². The summed E-state index contributed by atoms with van der Waals surface area (Å²) in [6.45, 7) is 0. The molecule has 5 aromatic rings. The van der Waals surface area contributed by atoms with Gasteiger partial charge in [-0.15, -0.1) is 0 Å². The second kappa shape index (κ2) is 9.90. The number of fused-ring (bicyclic) bond motifs is 8. The molecule has 5 heterocycles. The Morgan fingerprint density at radius 2 is 0.878 bits per heavy atom. The van der Waals surface area contributed by atoms with E-state index in [1.165, 1.54) is 0 Å². The van der Waals surface area contributed by atoms with Crippen LogP contribution in [0.2, 0.25) is 0 Å². The molecule has 1 fully saturated rings. The molecule has 0 atom stereocenters. The zero-order chi connectivity index (χ0) is 27.2. The molecule has 8 bridgehead atoms. The molecule has 0 spiro atoms. The number of benzene rings is 2. The predicted octanol–water partition coefficient (Wildman–Crippen LogP) is 8.74. The molecule has 3 aliphatic rings. The first-order valence-electron chi connectivity index (χ1n) is 13.8. The normalized spacial score (nSPS) is 14.6. The minimum Gasteiger partial charge on any atom is -0.355 e. The lowest BCUT2D eigenvalue weighted by Crippen LogP contribution is -2.01. The van der Waals surface area contributed by atoms with E-state index in [-0.39, 0.29) is 0 Å². The van der Waals surface area contributed by atoms with Crippen molar-refractivity contribution in [2.75, 3.05) is 0 Å². The zero-order valence-corrected chi connectivity index (χ0v) is 22.2. The maximum atomic E-state index is 5.23. The van der Waals surface area contributed by atoms with Gasteiger partial charge in [0.2, 0.25) is 0 Å². The van der Waals surface area contributed by atoms with Crippen molar-refractivity contribution in [1.82, 2.24) is 19.9 Å². The van der Waals surface area contributed by atoms with Crippen LogP contribution in [0.3, 0.4) is 0 Å². The van der Waals surface area contributed by atoms with E-state index in [2.05, 4.69) is 139 Å². The second-order valence-corrected chi connectivity index (χ2v) is 10.3. The second-order valence-electron chi connectivity index (χ2n) is 10.3. The fourth-order valence-corrected chi connectivity index (χ4v) is 5.79. The van der Waals surface area contributed by atoms with E-state index in [1.54, 1.807) is 0 Å². The largest absolute Gasteiger partial charge is 0.355 e. The molecule has 0 saturated heterocycles. The minimum atomic E-state index is 0.901. The highest BCUT2D eigenvalue weighted by Crippen LogP contribution is 2.38. The number of nitrogens with one attached hydrogen (secondary N) is 2. The number of H-pyrrole nitrogens is 2. The third kappa shape index (κ3) is 4.33. The summed E-state index contributed by atoms with van der Waals surface area (Å²) >= 11 is 0. The van der Waals surface area contributed by atoms with Crippen LogP contribution in [0.15, 0.2) is 91.0 Å². The average molecular weight is 526 g/mol. The Morgan fingerprint density at radius 3 is 1.34 bits per heavy atom. The molecule has 4 nitrogen and oxygen atoms in total. The van der Waals surface area contributed by atoms with E-state index in [4.69, 9.17) is 9.97 Å². The highest BCUT2D eigenvalue weighted by Gasteiger charge is 2.26. The Hall–Kier alpha value is -4.96. The molecule has 0 unspecified atom stereocenters. The summed E-state index contributed by atoms with van der Waals surface area (Å²) in [7, 11) is 0. The SMILES string of the molecule is [CH]1[CH][CH][C](c2c3nc(c(-c4ccccc4)c4ccc(cc5ccc([nH]5)c(-c5ccccc5)c5nc2C=C5)[nH]4)C=C3)[CH]1. The Bertz CT molecular complexity index is 1850. The van der Waals surface area contributed by atoms with Gasteiger partial charge in [-0.1, -0.05) is 60.7 Å². The number of nitrogens with zero attached hydrogens (tertiary/aromatic N) is 2. The predicted molar refractivity (Wildman–Crippen MR) is 169 cm³/mol. The van der Waals surface area contributed by atoms with Gasteiger partial charge in [-0.25, -0.2) is 9.97 Å². The Kier molecular flexibility index (Phi) is 5.77. The lowest BCUT2D eigenvalue weighted by atomic mass is 9.94. The van der Waals surface area contributed by atoms with Crippen molar-refractivity contribution in [1.29, 1.82) is 0 Å². The van der Waals surface area contributed by atoms with E-state index >= 15 is 0 Å². The Morgan fingerprint density at radius 1 is 0.439 bits per heavy atom. The highest BCUT2D eigenvalue weighted by molar-refractivity contribution is 5.94. The molecule has 5 radical (unpaired) electrons. The molecular weight excluding hydrogens is 500 g/mol. The Balaban J connectivity index is 1.51. The van der Waals surface area contributed by atoms with Crippen LogP contribution in [-0.4, -0.2) is 19.9 Å². The average Bonchev–Trinajstić information content (AvgIpc) is 3.84. The van der Waals surface area contributed by atoms with Crippen molar-refractivity contribution in [2.24, 2.45) is 0 Å². The third-order valence-corrected chi connectivity index (χ3v) is 7.65. The quantitative estimate of drug-likeness (QED) is 0.242. The fraction of sp³-hybridized carbons (Fsp3) is 0. The van der Waals surface area contributed by atoms with Gasteiger partial charge in [0.1, 0.15) is 0 Å². The van der Waals surface area contributed by atoms with Crippen LogP contribution in [0.4, 0.5) is 0 Å². The van der Waals surface area contributed by atoms with Gasteiger partial charge in [0, 0.05) is 44.7 Å². The van der Waals surface area contributed by atoms with E-state index in [9.17, 15) is 0 Å². The number of aromatic nitrogens is 4. The highest BCUT2D eigenvalue weighted by atomic mass is 14.8. The van der Waals surface area contributed by atoms with Crippen molar-refractivity contribution in [3.63, 3.8) is 0 Å². The van der Waals surface area contributed by atoms with E-state index in [0.29, 0.717) is 0 Å². The lowest BCUT2D eigenvalue weighted by Gasteiger charge is -2.11. The first-order chi connectivity index (χ1) is 20.3. The number of rotatable bonds is 3. The van der Waals surface area contributed by atoms with Gasteiger partial charge in [0.25, 0.3) is 0 Å². The van der Waals surface area contributed by atoms with Crippen LogP contribution in [0.5, 0.6) is 0 Å². The third-order valence-electron chi connectivity index (χ3n) is 7.65. The van der Waals surface area contributed by atoms with Gasteiger partial charge in [-0.05, 0) is 91.4 Å². The van der Waals surface area contributed by atoms with Crippen LogP contribution < -0.4 is 0 Å². The maximum Gasteiger partial charge on any atom is 0.0737 e. The van der Waals surface area contributed by atoms with Crippen LogP contribution in [0, 0.1) is 31.6 Å². The molecule has 2 aliphatic heterocycles. The molecule has 4 heteroatoms. The molecule has 3 aromatic heterocycles. The summed E-state index contributed by atoms with van der Waals surface area (Å²) in [5, 5.41) is 0. The van der Waals surface area contributed by atoms with Crippen LogP contribution in [0.1, 0.15) is 28.3 Å². The van der Waals surface area contributed by atoms with Gasteiger partial charge in [-0.2, -0.15) is 0 Å². The molecule has 2 aromatic carbocycles. The van der Waals surface area contributed by atoms with Gasteiger partial charge in [-0.3, -0.25) is 0 Å². The zero-order valence-electron chi connectivity index (χ0n) is 22.2. The van der Waals surface area contributed by atoms with Crippen molar-refractivity contribution in [2.45, 2.75) is 0 Å². The summed E-state index contributed by atoms with van der Waals surface area (Å²) in [6.07, 6.45) is 16.8. The monoisotopic (exact) mass is 525 g/mol. The molecule has 41 heavy (non-hydrogen) atoms. The molecule has 2 N–H and O–H groups in total. The van der Waals surface area contributed by atoms with Crippen molar-refractivity contribution in [3.05, 3.63) is 151 Å². The van der Waals surface area contributed by atoms with E-state index < -0.39 is 0 Å². The van der Waals surface area contributed by atoms with Crippen LogP contribution in [0.25, 0.3) is 68.6 Å². The molecule has 1 aliphatic carbocycles. The van der Waals surface area contributed by atoms with Crippen molar-refractivity contribution < 1.29 is 0 Å². The van der Waals surface area contributed by atoms with Crippen molar-refractivity contribution >= 4 is 46.4 Å². The minimum absolute atomic E-state index is 0.901. The smallest absolute Gasteiger partial charge is 0.0737 e. The molecule has 193 valence electrons. The maximum absolute atomic E-state index is 5.23. The molecule has 8 rings (SSSR count). The summed E-state index contributed by atoms with van der Waals surface area (Å²) in [5.41, 5.74) is 13.1. The van der Waals surface area contributed by atoms with Crippen molar-refractivity contribution in [3.8, 4) is 22.3 Å². The summed E-state index contributed by atoms with van der Waals surface area (Å²) < 4.78 is 0. The molecule has 0 amide bonds. The molecular formula is C37H25N4. The standard InChI is InChI=1S/C37H25N4/c1-3-9-24(10-4-1)35-29-17-15-27(38-29)23-28-16-18-30(39-28)36(25-11-5-2-6-12-25)32-20-22-34(41-32)37(26-13-7-8-14-26)33-21-19-31(35)40-33/h1-23,38-39H. The first kappa shape index (κ1) is 23.9. The van der Waals surface area contributed by atoms with E-state index in [1.807, 2.05) is 12.1 Å². The first-order valence-corrected chi connectivity index (χ1v) is 13.8. The van der Waals surface area contributed by atoms with Crippen LogP contribution in [-0.2, 0) is 0 Å². The van der Waals surface area contributed by atoms with Gasteiger partial charge < -0.3 is 9.97 Å².